The number of hydrogen-bond donors (Lipinski definition) is 1. The fourth-order valence-corrected chi connectivity index (χ4v) is 1.91. The first-order valence-electron chi connectivity index (χ1n) is 5.52. The predicted molar refractivity (Wildman–Crippen MR) is 67.0 cm³/mol. The molecule has 0 saturated carbocycles. The molecule has 90 valence electrons. The lowest BCUT2D eigenvalue weighted by Crippen LogP contribution is -2.14. The summed E-state index contributed by atoms with van der Waals surface area (Å²) in [5.41, 5.74) is 9.30. The van der Waals surface area contributed by atoms with E-state index in [4.69, 9.17) is 10.5 Å². The summed E-state index contributed by atoms with van der Waals surface area (Å²) in [6, 6.07) is 9.73. The van der Waals surface area contributed by atoms with E-state index in [1.54, 1.807) is 11.8 Å². The average molecular weight is 231 g/mol. The van der Waals surface area contributed by atoms with Gasteiger partial charge in [0.05, 0.1) is 18.8 Å². The molecular weight excluding hydrogens is 214 g/mol. The van der Waals surface area contributed by atoms with Crippen LogP contribution in [-0.4, -0.2) is 16.9 Å². The number of aryl methyl sites for hydroxylation is 2. The molecule has 0 amide bonds. The van der Waals surface area contributed by atoms with Gasteiger partial charge in [0.25, 0.3) is 0 Å². The summed E-state index contributed by atoms with van der Waals surface area (Å²) in [4.78, 5) is 0. The Morgan fingerprint density at radius 1 is 1.35 bits per heavy atom. The topological polar surface area (TPSA) is 53.1 Å². The molecule has 2 rings (SSSR count). The maximum atomic E-state index is 6.22. The quantitative estimate of drug-likeness (QED) is 0.876. The van der Waals surface area contributed by atoms with Crippen molar-refractivity contribution >= 4 is 0 Å². The molecule has 0 aliphatic rings. The Labute approximate surface area is 101 Å². The van der Waals surface area contributed by atoms with Gasteiger partial charge in [0.2, 0.25) is 5.88 Å². The number of aromatic nitrogens is 2. The van der Waals surface area contributed by atoms with Crippen LogP contribution >= 0.6 is 0 Å². The maximum Gasteiger partial charge on any atom is 0.211 e. The monoisotopic (exact) mass is 231 g/mol. The minimum absolute atomic E-state index is 0.216. The summed E-state index contributed by atoms with van der Waals surface area (Å²) in [6.07, 6.45) is 0. The zero-order valence-electron chi connectivity index (χ0n) is 10.3. The number of rotatable bonds is 3. The number of benzene rings is 1. The van der Waals surface area contributed by atoms with Crippen molar-refractivity contribution in [2.75, 3.05) is 7.11 Å². The first kappa shape index (κ1) is 11.7. The van der Waals surface area contributed by atoms with Crippen LogP contribution in [0.1, 0.15) is 22.9 Å². The van der Waals surface area contributed by atoms with E-state index in [0.29, 0.717) is 5.88 Å². The smallest absolute Gasteiger partial charge is 0.211 e. The van der Waals surface area contributed by atoms with E-state index in [0.717, 1.165) is 11.3 Å². The van der Waals surface area contributed by atoms with Crippen molar-refractivity contribution in [3.05, 3.63) is 47.2 Å². The standard InChI is InChI=1S/C13H17N3O/c1-9-6-4-5-7-10(9)13(14)11-8-12(17-3)16(2)15-11/h4-8,13H,14H2,1-3H3. The molecule has 2 aromatic rings. The van der Waals surface area contributed by atoms with Gasteiger partial charge in [-0.15, -0.1) is 0 Å². The predicted octanol–water partition coefficient (Wildman–Crippen LogP) is 1.79. The van der Waals surface area contributed by atoms with Gasteiger partial charge in [-0.25, -0.2) is 4.68 Å². The fraction of sp³-hybridized carbons (Fsp3) is 0.308. The highest BCUT2D eigenvalue weighted by Gasteiger charge is 2.16. The Balaban J connectivity index is 2.37. The molecule has 17 heavy (non-hydrogen) atoms. The zero-order valence-corrected chi connectivity index (χ0v) is 10.3. The van der Waals surface area contributed by atoms with Crippen LogP contribution in [0, 0.1) is 6.92 Å². The van der Waals surface area contributed by atoms with Crippen LogP contribution in [0.25, 0.3) is 0 Å². The normalized spacial score (nSPS) is 12.5. The van der Waals surface area contributed by atoms with E-state index in [1.165, 1.54) is 5.56 Å². The van der Waals surface area contributed by atoms with Crippen LogP contribution in [0.2, 0.25) is 0 Å². The van der Waals surface area contributed by atoms with Crippen molar-refractivity contribution < 1.29 is 4.74 Å². The molecule has 0 aliphatic heterocycles. The third-order valence-electron chi connectivity index (χ3n) is 2.91. The van der Waals surface area contributed by atoms with Crippen LogP contribution in [0.5, 0.6) is 5.88 Å². The molecule has 1 heterocycles. The zero-order chi connectivity index (χ0) is 12.4. The summed E-state index contributed by atoms with van der Waals surface area (Å²) in [7, 11) is 3.47. The lowest BCUT2D eigenvalue weighted by Gasteiger charge is -2.11. The third kappa shape index (κ3) is 2.17. The van der Waals surface area contributed by atoms with Gasteiger partial charge in [-0.05, 0) is 18.1 Å². The number of nitrogens with two attached hydrogens (primary N) is 1. The second-order valence-electron chi connectivity index (χ2n) is 4.07. The number of nitrogens with zero attached hydrogens (tertiary/aromatic N) is 2. The van der Waals surface area contributed by atoms with Crippen LogP contribution in [0.15, 0.2) is 30.3 Å². The summed E-state index contributed by atoms with van der Waals surface area (Å²) < 4.78 is 6.87. The van der Waals surface area contributed by atoms with Crippen molar-refractivity contribution in [1.29, 1.82) is 0 Å². The van der Waals surface area contributed by atoms with Gasteiger partial charge >= 0.3 is 0 Å². The van der Waals surface area contributed by atoms with E-state index in [2.05, 4.69) is 18.1 Å². The number of hydrogen-bond acceptors (Lipinski definition) is 3. The first-order valence-corrected chi connectivity index (χ1v) is 5.52. The lowest BCUT2D eigenvalue weighted by molar-refractivity contribution is 0.373. The first-order chi connectivity index (χ1) is 8.13. The molecule has 0 aliphatic carbocycles. The van der Waals surface area contributed by atoms with Gasteiger partial charge in [-0.1, -0.05) is 24.3 Å². The van der Waals surface area contributed by atoms with Gasteiger partial charge in [-0.2, -0.15) is 5.10 Å². The molecule has 1 atom stereocenters. The number of methoxy groups -OCH3 is 1. The summed E-state index contributed by atoms with van der Waals surface area (Å²) in [5, 5.41) is 4.37. The van der Waals surface area contributed by atoms with Gasteiger partial charge in [-0.3, -0.25) is 0 Å². The fourth-order valence-electron chi connectivity index (χ4n) is 1.91. The van der Waals surface area contributed by atoms with E-state index in [1.807, 2.05) is 31.3 Å². The van der Waals surface area contributed by atoms with Crippen LogP contribution in [0.3, 0.4) is 0 Å². The lowest BCUT2D eigenvalue weighted by atomic mass is 10.00. The third-order valence-corrected chi connectivity index (χ3v) is 2.91. The second-order valence-corrected chi connectivity index (χ2v) is 4.07. The SMILES string of the molecule is COc1cc(C(N)c2ccccc2C)nn1C. The molecule has 4 heteroatoms. The Morgan fingerprint density at radius 3 is 2.65 bits per heavy atom. The molecule has 0 spiro atoms. The Kier molecular flexibility index (Phi) is 3.15. The van der Waals surface area contributed by atoms with E-state index >= 15 is 0 Å². The van der Waals surface area contributed by atoms with E-state index < -0.39 is 0 Å². The Morgan fingerprint density at radius 2 is 2.06 bits per heavy atom. The molecule has 0 fully saturated rings. The summed E-state index contributed by atoms with van der Waals surface area (Å²) in [6.45, 7) is 2.05. The molecule has 1 unspecified atom stereocenters. The van der Waals surface area contributed by atoms with E-state index in [9.17, 15) is 0 Å². The van der Waals surface area contributed by atoms with Gasteiger partial charge < -0.3 is 10.5 Å². The number of ether oxygens (including phenoxy) is 1. The van der Waals surface area contributed by atoms with Crippen molar-refractivity contribution in [1.82, 2.24) is 9.78 Å². The second kappa shape index (κ2) is 4.59. The molecule has 0 bridgehead atoms. The maximum absolute atomic E-state index is 6.22. The largest absolute Gasteiger partial charge is 0.481 e. The van der Waals surface area contributed by atoms with Crippen molar-refractivity contribution in [3.63, 3.8) is 0 Å². The Hall–Kier alpha value is -1.81. The Bertz CT molecular complexity index is 519. The van der Waals surface area contributed by atoms with Crippen molar-refractivity contribution in [2.45, 2.75) is 13.0 Å². The summed E-state index contributed by atoms with van der Waals surface area (Å²) >= 11 is 0. The van der Waals surface area contributed by atoms with Gasteiger partial charge in [0, 0.05) is 13.1 Å². The highest BCUT2D eigenvalue weighted by Crippen LogP contribution is 2.24. The van der Waals surface area contributed by atoms with Crippen LogP contribution in [0.4, 0.5) is 0 Å². The molecule has 1 aromatic carbocycles. The van der Waals surface area contributed by atoms with Crippen LogP contribution in [-0.2, 0) is 7.05 Å². The van der Waals surface area contributed by atoms with Gasteiger partial charge in [0.15, 0.2) is 0 Å². The molecule has 0 saturated heterocycles. The molecule has 0 radical (unpaired) electrons. The van der Waals surface area contributed by atoms with Crippen molar-refractivity contribution in [3.8, 4) is 5.88 Å². The van der Waals surface area contributed by atoms with Gasteiger partial charge in [0.1, 0.15) is 0 Å². The van der Waals surface area contributed by atoms with E-state index in [-0.39, 0.29) is 6.04 Å². The minimum atomic E-state index is -0.216. The minimum Gasteiger partial charge on any atom is -0.481 e. The highest BCUT2D eigenvalue weighted by atomic mass is 16.5. The van der Waals surface area contributed by atoms with Crippen LogP contribution < -0.4 is 10.5 Å². The average Bonchev–Trinajstić information content (AvgIpc) is 2.70. The molecule has 2 N–H and O–H groups in total. The highest BCUT2D eigenvalue weighted by molar-refractivity contribution is 5.35. The molecular formula is C13H17N3O. The molecule has 4 nitrogen and oxygen atoms in total. The van der Waals surface area contributed by atoms with Crippen molar-refractivity contribution in [2.24, 2.45) is 12.8 Å². The summed E-state index contributed by atoms with van der Waals surface area (Å²) in [5.74, 6) is 0.712. The molecule has 1 aromatic heterocycles.